The molecule has 2 aromatic carbocycles. The first-order chi connectivity index (χ1) is 12.1. The Morgan fingerprint density at radius 1 is 1.04 bits per heavy atom. The highest BCUT2D eigenvalue weighted by Crippen LogP contribution is 2.36. The SMILES string of the molecule is COc1ccc(Cl)cc1Nc1ncnc(Sc2ccc(Cl)cc2)c1N. The van der Waals surface area contributed by atoms with E-state index >= 15 is 0 Å². The first kappa shape index (κ1) is 17.7. The van der Waals surface area contributed by atoms with Crippen molar-refractivity contribution in [2.75, 3.05) is 18.2 Å². The van der Waals surface area contributed by atoms with E-state index in [2.05, 4.69) is 15.3 Å². The van der Waals surface area contributed by atoms with Gasteiger partial charge in [0.15, 0.2) is 5.82 Å². The monoisotopic (exact) mass is 392 g/mol. The van der Waals surface area contributed by atoms with Gasteiger partial charge >= 0.3 is 0 Å². The largest absolute Gasteiger partial charge is 0.495 e. The van der Waals surface area contributed by atoms with Crippen LogP contribution in [0, 0.1) is 0 Å². The summed E-state index contributed by atoms with van der Waals surface area (Å²) in [6.45, 7) is 0. The molecule has 5 nitrogen and oxygen atoms in total. The maximum absolute atomic E-state index is 6.23. The Balaban J connectivity index is 1.88. The van der Waals surface area contributed by atoms with Gasteiger partial charge in [-0.05, 0) is 42.5 Å². The second kappa shape index (κ2) is 7.82. The second-order valence-corrected chi connectivity index (χ2v) is 6.90. The molecule has 0 fully saturated rings. The molecule has 0 saturated carbocycles. The molecule has 3 aromatic rings. The number of nitrogens with zero attached hydrogens (tertiary/aromatic N) is 2. The zero-order valence-corrected chi connectivity index (χ0v) is 15.5. The van der Waals surface area contributed by atoms with Crippen LogP contribution in [0.2, 0.25) is 10.0 Å². The Hall–Kier alpha value is -2.15. The quantitative estimate of drug-likeness (QED) is 0.576. The highest BCUT2D eigenvalue weighted by Gasteiger charge is 2.12. The number of benzene rings is 2. The molecule has 0 spiro atoms. The third-order valence-electron chi connectivity index (χ3n) is 3.29. The molecule has 0 unspecified atom stereocenters. The number of methoxy groups -OCH3 is 1. The van der Waals surface area contributed by atoms with Crippen LogP contribution in [-0.4, -0.2) is 17.1 Å². The number of nitrogens with two attached hydrogens (primary N) is 1. The molecule has 0 bridgehead atoms. The average Bonchev–Trinajstić information content (AvgIpc) is 2.60. The van der Waals surface area contributed by atoms with Crippen LogP contribution in [0.25, 0.3) is 0 Å². The molecule has 1 heterocycles. The standard InChI is InChI=1S/C17H14Cl2N4OS/c1-24-14-7-4-11(19)8-13(14)23-16-15(20)17(22-9-21-16)25-12-5-2-10(18)3-6-12/h2-9H,20H2,1H3,(H,21,22,23). The fourth-order valence-electron chi connectivity index (χ4n) is 2.08. The first-order valence-electron chi connectivity index (χ1n) is 7.21. The summed E-state index contributed by atoms with van der Waals surface area (Å²) in [5, 5.41) is 5.04. The summed E-state index contributed by atoms with van der Waals surface area (Å²) in [4.78, 5) is 9.44. The van der Waals surface area contributed by atoms with Gasteiger partial charge in [-0.25, -0.2) is 9.97 Å². The minimum Gasteiger partial charge on any atom is -0.495 e. The predicted octanol–water partition coefficient (Wildman–Crippen LogP) is 5.27. The number of hydrogen-bond donors (Lipinski definition) is 2. The smallest absolute Gasteiger partial charge is 0.158 e. The molecule has 0 aliphatic carbocycles. The lowest BCUT2D eigenvalue weighted by Crippen LogP contribution is -2.03. The number of nitrogens with one attached hydrogen (secondary N) is 1. The fourth-order valence-corrected chi connectivity index (χ4v) is 3.18. The molecular formula is C17H14Cl2N4OS. The minimum atomic E-state index is 0.435. The summed E-state index contributed by atoms with van der Waals surface area (Å²) in [7, 11) is 1.58. The zero-order valence-electron chi connectivity index (χ0n) is 13.2. The van der Waals surface area contributed by atoms with Gasteiger partial charge in [-0.2, -0.15) is 0 Å². The topological polar surface area (TPSA) is 73.1 Å². The molecule has 0 radical (unpaired) electrons. The van der Waals surface area contributed by atoms with Crippen LogP contribution < -0.4 is 15.8 Å². The Bertz CT molecular complexity index is 890. The van der Waals surface area contributed by atoms with Crippen LogP contribution in [0.3, 0.4) is 0 Å². The van der Waals surface area contributed by atoms with Crippen LogP contribution in [0.15, 0.2) is 58.7 Å². The number of rotatable bonds is 5. The molecule has 1 aromatic heterocycles. The summed E-state index contributed by atoms with van der Waals surface area (Å²) in [6.07, 6.45) is 1.45. The van der Waals surface area contributed by atoms with E-state index in [1.807, 2.05) is 24.3 Å². The van der Waals surface area contributed by atoms with Gasteiger partial charge in [0.05, 0.1) is 12.8 Å². The third-order valence-corrected chi connectivity index (χ3v) is 4.80. The van der Waals surface area contributed by atoms with E-state index in [1.54, 1.807) is 25.3 Å². The Morgan fingerprint density at radius 3 is 2.48 bits per heavy atom. The van der Waals surface area contributed by atoms with Crippen molar-refractivity contribution in [1.82, 2.24) is 9.97 Å². The molecule has 8 heteroatoms. The van der Waals surface area contributed by atoms with Gasteiger partial charge in [0, 0.05) is 14.9 Å². The van der Waals surface area contributed by atoms with Gasteiger partial charge in [0.2, 0.25) is 0 Å². The van der Waals surface area contributed by atoms with Crippen molar-refractivity contribution < 1.29 is 4.74 Å². The molecule has 0 aliphatic rings. The zero-order chi connectivity index (χ0) is 17.8. The van der Waals surface area contributed by atoms with Crippen molar-refractivity contribution in [3.8, 4) is 5.75 Å². The summed E-state index contributed by atoms with van der Waals surface area (Å²) in [5.41, 5.74) is 7.33. The molecule has 25 heavy (non-hydrogen) atoms. The van der Waals surface area contributed by atoms with Crippen LogP contribution >= 0.6 is 35.0 Å². The van der Waals surface area contributed by atoms with Crippen LogP contribution in [-0.2, 0) is 0 Å². The maximum Gasteiger partial charge on any atom is 0.158 e. The van der Waals surface area contributed by atoms with Gasteiger partial charge in [-0.15, -0.1) is 0 Å². The van der Waals surface area contributed by atoms with Crippen molar-refractivity contribution in [3.05, 3.63) is 58.8 Å². The molecule has 3 rings (SSSR count). The van der Waals surface area contributed by atoms with Crippen LogP contribution in [0.4, 0.5) is 17.2 Å². The molecule has 0 atom stereocenters. The van der Waals surface area contributed by atoms with E-state index in [1.165, 1.54) is 18.1 Å². The van der Waals surface area contributed by atoms with Crippen molar-refractivity contribution in [2.24, 2.45) is 0 Å². The van der Waals surface area contributed by atoms with E-state index < -0.39 is 0 Å². The Morgan fingerprint density at radius 2 is 1.76 bits per heavy atom. The molecule has 3 N–H and O–H groups in total. The van der Waals surface area contributed by atoms with E-state index in [4.69, 9.17) is 33.7 Å². The number of nitrogen functional groups attached to an aromatic ring is 1. The number of halogens is 2. The van der Waals surface area contributed by atoms with Crippen molar-refractivity contribution in [1.29, 1.82) is 0 Å². The third kappa shape index (κ3) is 4.28. The van der Waals surface area contributed by atoms with Gasteiger partial charge in [-0.1, -0.05) is 35.0 Å². The summed E-state index contributed by atoms with van der Waals surface area (Å²) < 4.78 is 5.33. The lowest BCUT2D eigenvalue weighted by molar-refractivity contribution is 0.417. The Kier molecular flexibility index (Phi) is 5.53. The summed E-state index contributed by atoms with van der Waals surface area (Å²) in [5.74, 6) is 1.11. The highest BCUT2D eigenvalue weighted by atomic mass is 35.5. The van der Waals surface area contributed by atoms with Gasteiger partial charge in [0.25, 0.3) is 0 Å². The Labute approximate surface area is 159 Å². The molecule has 0 amide bonds. The van der Waals surface area contributed by atoms with Crippen molar-refractivity contribution in [2.45, 2.75) is 9.92 Å². The lowest BCUT2D eigenvalue weighted by atomic mass is 10.3. The summed E-state index contributed by atoms with van der Waals surface area (Å²) in [6, 6.07) is 12.7. The molecular weight excluding hydrogens is 379 g/mol. The lowest BCUT2D eigenvalue weighted by Gasteiger charge is -2.13. The van der Waals surface area contributed by atoms with Crippen LogP contribution in [0.5, 0.6) is 5.75 Å². The minimum absolute atomic E-state index is 0.435. The van der Waals surface area contributed by atoms with Gasteiger partial charge in [-0.3, -0.25) is 0 Å². The normalized spacial score (nSPS) is 10.5. The number of ether oxygens (including phenoxy) is 1. The van der Waals surface area contributed by atoms with Gasteiger partial charge in [0.1, 0.15) is 22.8 Å². The van der Waals surface area contributed by atoms with E-state index in [-0.39, 0.29) is 0 Å². The second-order valence-electron chi connectivity index (χ2n) is 4.97. The van der Waals surface area contributed by atoms with Crippen molar-refractivity contribution >= 4 is 52.2 Å². The maximum atomic E-state index is 6.23. The molecule has 0 saturated heterocycles. The fraction of sp³-hybridized carbons (Fsp3) is 0.0588. The molecule has 0 aliphatic heterocycles. The highest BCUT2D eigenvalue weighted by molar-refractivity contribution is 7.99. The number of hydrogen-bond acceptors (Lipinski definition) is 6. The number of aromatic nitrogens is 2. The van der Waals surface area contributed by atoms with E-state index in [0.29, 0.717) is 38.0 Å². The predicted molar refractivity (Wildman–Crippen MR) is 103 cm³/mol. The summed E-state index contributed by atoms with van der Waals surface area (Å²) >= 11 is 13.4. The van der Waals surface area contributed by atoms with Crippen molar-refractivity contribution in [3.63, 3.8) is 0 Å². The first-order valence-corrected chi connectivity index (χ1v) is 8.78. The van der Waals surface area contributed by atoms with E-state index in [9.17, 15) is 0 Å². The average molecular weight is 393 g/mol. The van der Waals surface area contributed by atoms with Gasteiger partial charge < -0.3 is 15.8 Å². The molecule has 128 valence electrons. The van der Waals surface area contributed by atoms with Crippen LogP contribution in [0.1, 0.15) is 0 Å². The van der Waals surface area contributed by atoms with E-state index in [0.717, 1.165) is 4.90 Å². The number of anilines is 3.